The number of nitrogens with one attached hydrogen (secondary N) is 1. The second-order valence-electron chi connectivity index (χ2n) is 5.95. The molecule has 1 heterocycles. The molecule has 0 saturated heterocycles. The van der Waals surface area contributed by atoms with Crippen LogP contribution in [0.2, 0.25) is 0 Å². The lowest BCUT2D eigenvalue weighted by molar-refractivity contribution is -0.120. The van der Waals surface area contributed by atoms with E-state index in [0.29, 0.717) is 13.0 Å². The van der Waals surface area contributed by atoms with Crippen LogP contribution in [0.5, 0.6) is 0 Å². The zero-order chi connectivity index (χ0) is 17.5. The van der Waals surface area contributed by atoms with E-state index >= 15 is 0 Å². The topological polar surface area (TPSA) is 50.2 Å². The third-order valence-corrected chi connectivity index (χ3v) is 4.42. The first-order valence-electron chi connectivity index (χ1n) is 8.66. The maximum Gasteiger partial charge on any atom is 0.224 e. The average molecular weight is 328 g/mol. The number of hydrogen-bond donors (Lipinski definition) is 1. The van der Waals surface area contributed by atoms with Crippen molar-refractivity contribution < 1.29 is 4.79 Å². The summed E-state index contributed by atoms with van der Waals surface area (Å²) in [5.41, 5.74) is 3.97. The smallest absolute Gasteiger partial charge is 0.224 e. The largest absolute Gasteiger partial charge is 0.355 e. The van der Waals surface area contributed by atoms with Crippen molar-refractivity contribution in [1.29, 1.82) is 0 Å². The van der Waals surface area contributed by atoms with Crippen molar-refractivity contribution in [2.75, 3.05) is 26.2 Å². The van der Waals surface area contributed by atoms with Crippen LogP contribution < -0.4 is 5.32 Å². The molecule has 0 fully saturated rings. The number of rotatable bonds is 8. The number of nitrogens with zero attached hydrogens (tertiary/aromatic N) is 3. The first-order chi connectivity index (χ1) is 11.6. The van der Waals surface area contributed by atoms with Crippen LogP contribution in [0.3, 0.4) is 0 Å². The molecule has 1 amide bonds. The van der Waals surface area contributed by atoms with E-state index in [1.165, 1.54) is 0 Å². The fourth-order valence-electron chi connectivity index (χ4n) is 2.87. The Labute approximate surface area is 144 Å². The minimum absolute atomic E-state index is 0.0565. The number of aromatic nitrogens is 2. The molecule has 0 atom stereocenters. The summed E-state index contributed by atoms with van der Waals surface area (Å²) in [7, 11) is 0. The van der Waals surface area contributed by atoms with Gasteiger partial charge in [-0.05, 0) is 39.1 Å². The zero-order valence-electron chi connectivity index (χ0n) is 15.2. The predicted molar refractivity (Wildman–Crippen MR) is 97.5 cm³/mol. The summed E-state index contributed by atoms with van der Waals surface area (Å²) in [6.45, 7) is 11.8. The van der Waals surface area contributed by atoms with Gasteiger partial charge in [-0.1, -0.05) is 32.0 Å². The van der Waals surface area contributed by atoms with Crippen LogP contribution in [0, 0.1) is 13.8 Å². The molecule has 2 aromatic rings. The Morgan fingerprint density at radius 3 is 2.46 bits per heavy atom. The normalized spacial score (nSPS) is 11.0. The van der Waals surface area contributed by atoms with Gasteiger partial charge in [-0.2, -0.15) is 5.10 Å². The minimum atomic E-state index is 0.0565. The van der Waals surface area contributed by atoms with Crippen molar-refractivity contribution in [3.63, 3.8) is 0 Å². The molecular formula is C19H28N4O. The van der Waals surface area contributed by atoms with Crippen LogP contribution in [0.15, 0.2) is 30.3 Å². The lowest BCUT2D eigenvalue weighted by Crippen LogP contribution is -2.35. The zero-order valence-corrected chi connectivity index (χ0v) is 15.2. The summed E-state index contributed by atoms with van der Waals surface area (Å²) >= 11 is 0. The molecule has 1 aromatic carbocycles. The number of carbonyl (C=O) groups is 1. The van der Waals surface area contributed by atoms with Crippen molar-refractivity contribution in [2.24, 2.45) is 0 Å². The third kappa shape index (κ3) is 4.45. The van der Waals surface area contributed by atoms with Gasteiger partial charge in [0.25, 0.3) is 0 Å². The molecule has 0 aliphatic heterocycles. The van der Waals surface area contributed by atoms with E-state index in [2.05, 4.69) is 29.2 Å². The van der Waals surface area contributed by atoms with Crippen molar-refractivity contribution in [3.8, 4) is 5.69 Å². The van der Waals surface area contributed by atoms with E-state index in [9.17, 15) is 4.79 Å². The molecule has 0 radical (unpaired) electrons. The lowest BCUT2D eigenvalue weighted by Gasteiger charge is -2.17. The Kier molecular flexibility index (Phi) is 6.55. The van der Waals surface area contributed by atoms with Gasteiger partial charge in [0, 0.05) is 24.3 Å². The van der Waals surface area contributed by atoms with Gasteiger partial charge < -0.3 is 10.2 Å². The van der Waals surface area contributed by atoms with Gasteiger partial charge in [-0.15, -0.1) is 0 Å². The highest BCUT2D eigenvalue weighted by Crippen LogP contribution is 2.18. The van der Waals surface area contributed by atoms with E-state index < -0.39 is 0 Å². The summed E-state index contributed by atoms with van der Waals surface area (Å²) in [5.74, 6) is 0.0565. The van der Waals surface area contributed by atoms with E-state index in [4.69, 9.17) is 0 Å². The molecule has 0 bridgehead atoms. The molecule has 0 saturated carbocycles. The number of likely N-dealkylation sites (N-methyl/N-ethyl adjacent to an activating group) is 1. The highest BCUT2D eigenvalue weighted by molar-refractivity contribution is 5.79. The monoisotopic (exact) mass is 328 g/mol. The fraction of sp³-hybridized carbons (Fsp3) is 0.474. The molecule has 1 N–H and O–H groups in total. The van der Waals surface area contributed by atoms with Gasteiger partial charge in [0.15, 0.2) is 0 Å². The molecule has 2 rings (SSSR count). The van der Waals surface area contributed by atoms with Gasteiger partial charge in [0.2, 0.25) is 5.91 Å². The predicted octanol–water partition coefficient (Wildman–Crippen LogP) is 2.49. The Morgan fingerprint density at radius 1 is 1.17 bits per heavy atom. The fourth-order valence-corrected chi connectivity index (χ4v) is 2.87. The summed E-state index contributed by atoms with van der Waals surface area (Å²) in [5, 5.41) is 7.61. The van der Waals surface area contributed by atoms with Crippen LogP contribution in [0.25, 0.3) is 5.69 Å². The number of hydrogen-bond acceptors (Lipinski definition) is 3. The van der Waals surface area contributed by atoms with E-state index in [-0.39, 0.29) is 5.91 Å². The first kappa shape index (κ1) is 18.2. The molecule has 0 spiro atoms. The van der Waals surface area contributed by atoms with Crippen molar-refractivity contribution >= 4 is 5.91 Å². The first-order valence-corrected chi connectivity index (χ1v) is 8.66. The Morgan fingerprint density at radius 2 is 1.83 bits per heavy atom. The quantitative estimate of drug-likeness (QED) is 0.810. The minimum Gasteiger partial charge on any atom is -0.355 e. The average Bonchev–Trinajstić information content (AvgIpc) is 2.88. The van der Waals surface area contributed by atoms with E-state index in [0.717, 1.165) is 42.3 Å². The van der Waals surface area contributed by atoms with Crippen molar-refractivity contribution in [3.05, 3.63) is 47.3 Å². The van der Waals surface area contributed by atoms with Gasteiger partial charge in [0.1, 0.15) is 0 Å². The molecule has 0 aliphatic carbocycles. The molecule has 24 heavy (non-hydrogen) atoms. The molecule has 0 unspecified atom stereocenters. The summed E-state index contributed by atoms with van der Waals surface area (Å²) in [4.78, 5) is 14.5. The maximum atomic E-state index is 12.3. The number of aryl methyl sites for hydroxylation is 1. The molecule has 5 heteroatoms. The molecule has 130 valence electrons. The summed E-state index contributed by atoms with van der Waals surface area (Å²) in [6.07, 6.45) is 0.378. The number of para-hydroxylation sites is 1. The van der Waals surface area contributed by atoms with Crippen LogP contribution in [0.1, 0.15) is 30.8 Å². The van der Waals surface area contributed by atoms with Gasteiger partial charge in [0.05, 0.1) is 17.8 Å². The lowest BCUT2D eigenvalue weighted by atomic mass is 10.1. The van der Waals surface area contributed by atoms with E-state index in [1.54, 1.807) is 0 Å². The Balaban J connectivity index is 2.00. The Hall–Kier alpha value is -2.14. The number of benzene rings is 1. The highest BCUT2D eigenvalue weighted by Gasteiger charge is 2.15. The van der Waals surface area contributed by atoms with Crippen LogP contribution in [-0.4, -0.2) is 46.8 Å². The summed E-state index contributed by atoms with van der Waals surface area (Å²) < 4.78 is 1.91. The molecule has 5 nitrogen and oxygen atoms in total. The molecule has 0 aliphatic rings. The summed E-state index contributed by atoms with van der Waals surface area (Å²) in [6, 6.07) is 10.0. The molecule has 1 aromatic heterocycles. The van der Waals surface area contributed by atoms with Crippen LogP contribution in [0.4, 0.5) is 0 Å². The Bertz CT molecular complexity index is 660. The second-order valence-corrected chi connectivity index (χ2v) is 5.95. The number of amides is 1. The van der Waals surface area contributed by atoms with Crippen molar-refractivity contribution in [1.82, 2.24) is 20.0 Å². The van der Waals surface area contributed by atoms with Crippen molar-refractivity contribution in [2.45, 2.75) is 34.1 Å². The van der Waals surface area contributed by atoms with E-state index in [1.807, 2.05) is 48.9 Å². The van der Waals surface area contributed by atoms with Crippen LogP contribution in [-0.2, 0) is 11.2 Å². The number of carbonyl (C=O) groups excluding carboxylic acids is 1. The third-order valence-electron chi connectivity index (χ3n) is 4.42. The van der Waals surface area contributed by atoms with Gasteiger partial charge in [-0.25, -0.2) is 4.68 Å². The van der Waals surface area contributed by atoms with Gasteiger partial charge in [-0.3, -0.25) is 4.79 Å². The SMILES string of the molecule is CCN(CC)CCNC(=O)Cc1c(C)nn(-c2ccccc2)c1C. The van der Waals surface area contributed by atoms with Gasteiger partial charge >= 0.3 is 0 Å². The maximum absolute atomic E-state index is 12.3. The molecular weight excluding hydrogens is 300 g/mol. The highest BCUT2D eigenvalue weighted by atomic mass is 16.1. The standard InChI is InChI=1S/C19H28N4O/c1-5-22(6-2)13-12-20-19(24)14-18-15(3)21-23(16(18)4)17-10-8-7-9-11-17/h7-11H,5-6,12-14H2,1-4H3,(H,20,24). The van der Waals surface area contributed by atoms with Crippen LogP contribution >= 0.6 is 0 Å². The second kappa shape index (κ2) is 8.64.